The van der Waals surface area contributed by atoms with Crippen LogP contribution >= 0.6 is 11.3 Å². The highest BCUT2D eigenvalue weighted by Gasteiger charge is 2.33. The van der Waals surface area contributed by atoms with Crippen LogP contribution in [0.1, 0.15) is 30.8 Å². The molecule has 112 valence electrons. The average molecular weight is 303 g/mol. The van der Waals surface area contributed by atoms with Gasteiger partial charge in [0.25, 0.3) is 0 Å². The Balaban J connectivity index is 1.84. The first-order valence-electron chi connectivity index (χ1n) is 7.51. The smallest absolute Gasteiger partial charge is 0.227 e. The molecule has 0 aliphatic carbocycles. The third-order valence-electron chi connectivity index (χ3n) is 4.06. The normalized spacial score (nSPS) is 20.1. The minimum absolute atomic E-state index is 0.0185. The quantitative estimate of drug-likeness (QED) is 0.944. The van der Waals surface area contributed by atoms with Crippen molar-refractivity contribution in [3.05, 3.63) is 29.3 Å². The molecule has 1 aliphatic rings. The molecule has 1 aromatic heterocycles. The van der Waals surface area contributed by atoms with E-state index in [4.69, 9.17) is 4.98 Å². The molecule has 0 bridgehead atoms. The second-order valence-electron chi connectivity index (χ2n) is 5.67. The number of aromatic nitrogens is 1. The first-order chi connectivity index (χ1) is 10.2. The molecule has 1 amide bonds. The summed E-state index contributed by atoms with van der Waals surface area (Å²) in [6, 6.07) is 8.35. The van der Waals surface area contributed by atoms with Crippen LogP contribution in [0.15, 0.2) is 24.3 Å². The Kier molecular flexibility index (Phi) is 4.22. The van der Waals surface area contributed by atoms with Crippen molar-refractivity contribution in [3.8, 4) is 0 Å². The Morgan fingerprint density at radius 3 is 3.10 bits per heavy atom. The van der Waals surface area contributed by atoms with E-state index in [2.05, 4.69) is 11.4 Å². The van der Waals surface area contributed by atoms with Crippen LogP contribution < -0.4 is 5.32 Å². The molecule has 0 saturated carbocycles. The van der Waals surface area contributed by atoms with E-state index in [-0.39, 0.29) is 17.9 Å². The zero-order chi connectivity index (χ0) is 14.8. The SMILES string of the molecule is CNCC(C)C(=O)N1CCCC1c1nc2ccccc2s1. The number of thiazole rings is 1. The van der Waals surface area contributed by atoms with Crippen LogP contribution in [0.5, 0.6) is 0 Å². The van der Waals surface area contributed by atoms with Gasteiger partial charge in [0.1, 0.15) is 5.01 Å². The molecule has 0 spiro atoms. The molecule has 2 aromatic rings. The van der Waals surface area contributed by atoms with Gasteiger partial charge in [-0.3, -0.25) is 4.79 Å². The lowest BCUT2D eigenvalue weighted by Gasteiger charge is -2.26. The van der Waals surface area contributed by atoms with Gasteiger partial charge in [0.05, 0.1) is 16.3 Å². The monoisotopic (exact) mass is 303 g/mol. The molecule has 2 heterocycles. The van der Waals surface area contributed by atoms with Crippen molar-refractivity contribution in [2.45, 2.75) is 25.8 Å². The number of fused-ring (bicyclic) bond motifs is 1. The highest BCUT2D eigenvalue weighted by molar-refractivity contribution is 7.18. The molecular formula is C16H21N3OS. The van der Waals surface area contributed by atoms with Crippen molar-refractivity contribution in [1.29, 1.82) is 0 Å². The molecule has 0 radical (unpaired) electrons. The maximum absolute atomic E-state index is 12.6. The highest BCUT2D eigenvalue weighted by atomic mass is 32.1. The van der Waals surface area contributed by atoms with Crippen LogP contribution in [0, 0.1) is 5.92 Å². The fraction of sp³-hybridized carbons (Fsp3) is 0.500. The fourth-order valence-corrected chi connectivity index (χ4v) is 4.11. The largest absolute Gasteiger partial charge is 0.333 e. The van der Waals surface area contributed by atoms with Gasteiger partial charge in [-0.1, -0.05) is 19.1 Å². The molecule has 1 saturated heterocycles. The third-order valence-corrected chi connectivity index (χ3v) is 5.20. The van der Waals surface area contributed by atoms with Crippen molar-refractivity contribution in [3.63, 3.8) is 0 Å². The Morgan fingerprint density at radius 1 is 1.52 bits per heavy atom. The zero-order valence-electron chi connectivity index (χ0n) is 12.5. The summed E-state index contributed by atoms with van der Waals surface area (Å²) in [5, 5.41) is 4.17. The van der Waals surface area contributed by atoms with E-state index in [1.807, 2.05) is 37.1 Å². The van der Waals surface area contributed by atoms with Crippen LogP contribution in [-0.2, 0) is 4.79 Å². The van der Waals surface area contributed by atoms with Gasteiger partial charge in [-0.2, -0.15) is 0 Å². The van der Waals surface area contributed by atoms with Crippen LogP contribution in [0.3, 0.4) is 0 Å². The topological polar surface area (TPSA) is 45.2 Å². The number of benzene rings is 1. The zero-order valence-corrected chi connectivity index (χ0v) is 13.3. The lowest BCUT2D eigenvalue weighted by molar-refractivity contribution is -0.135. The fourth-order valence-electron chi connectivity index (χ4n) is 3.00. The lowest BCUT2D eigenvalue weighted by Crippen LogP contribution is -2.38. The summed E-state index contributed by atoms with van der Waals surface area (Å²) in [5.74, 6) is 0.260. The van der Waals surface area contributed by atoms with Gasteiger partial charge in [-0.05, 0) is 32.0 Å². The predicted molar refractivity (Wildman–Crippen MR) is 86.4 cm³/mol. The Labute approximate surface area is 129 Å². The summed E-state index contributed by atoms with van der Waals surface area (Å²) in [6.45, 7) is 3.57. The van der Waals surface area contributed by atoms with Gasteiger partial charge in [0, 0.05) is 19.0 Å². The van der Waals surface area contributed by atoms with E-state index in [1.165, 1.54) is 4.70 Å². The Hall–Kier alpha value is -1.46. The predicted octanol–water partition coefficient (Wildman–Crippen LogP) is 2.82. The van der Waals surface area contributed by atoms with Crippen LogP contribution in [0.2, 0.25) is 0 Å². The van der Waals surface area contributed by atoms with Crippen LogP contribution in [0.25, 0.3) is 10.2 Å². The van der Waals surface area contributed by atoms with E-state index in [1.54, 1.807) is 11.3 Å². The lowest BCUT2D eigenvalue weighted by atomic mass is 10.1. The molecule has 2 atom stereocenters. The number of rotatable bonds is 4. The Bertz CT molecular complexity index is 606. The summed E-state index contributed by atoms with van der Waals surface area (Å²) in [6.07, 6.45) is 2.09. The van der Waals surface area contributed by atoms with E-state index in [9.17, 15) is 4.79 Å². The molecule has 21 heavy (non-hydrogen) atoms. The van der Waals surface area contributed by atoms with Crippen molar-refractivity contribution >= 4 is 27.5 Å². The van der Waals surface area contributed by atoms with Crippen molar-refractivity contribution in [2.24, 2.45) is 5.92 Å². The number of likely N-dealkylation sites (tertiary alicyclic amines) is 1. The van der Waals surface area contributed by atoms with Gasteiger partial charge in [0.2, 0.25) is 5.91 Å². The van der Waals surface area contributed by atoms with Crippen molar-refractivity contribution < 1.29 is 4.79 Å². The van der Waals surface area contributed by atoms with Gasteiger partial charge in [-0.25, -0.2) is 4.98 Å². The van der Waals surface area contributed by atoms with E-state index in [0.29, 0.717) is 0 Å². The van der Waals surface area contributed by atoms with Crippen LogP contribution in [-0.4, -0.2) is 35.9 Å². The van der Waals surface area contributed by atoms with E-state index >= 15 is 0 Å². The molecule has 1 N–H and O–H groups in total. The van der Waals surface area contributed by atoms with Gasteiger partial charge < -0.3 is 10.2 Å². The maximum atomic E-state index is 12.6. The van der Waals surface area contributed by atoms with E-state index < -0.39 is 0 Å². The molecule has 5 heteroatoms. The molecule has 1 aliphatic heterocycles. The summed E-state index contributed by atoms with van der Waals surface area (Å²) < 4.78 is 1.20. The first kappa shape index (κ1) is 14.5. The Morgan fingerprint density at radius 2 is 2.33 bits per heavy atom. The summed E-state index contributed by atoms with van der Waals surface area (Å²) >= 11 is 1.72. The molecule has 2 unspecified atom stereocenters. The van der Waals surface area contributed by atoms with Crippen LogP contribution in [0.4, 0.5) is 0 Å². The molecule has 3 rings (SSSR count). The molecule has 1 fully saturated rings. The minimum atomic E-state index is 0.0185. The number of carbonyl (C=O) groups excluding carboxylic acids is 1. The molecule has 4 nitrogen and oxygen atoms in total. The number of hydrogen-bond acceptors (Lipinski definition) is 4. The second kappa shape index (κ2) is 6.12. The number of hydrogen-bond donors (Lipinski definition) is 1. The van der Waals surface area contributed by atoms with E-state index in [0.717, 1.165) is 36.5 Å². The number of carbonyl (C=O) groups is 1. The highest BCUT2D eigenvalue weighted by Crippen LogP contribution is 2.37. The van der Waals surface area contributed by atoms with Gasteiger partial charge in [0.15, 0.2) is 0 Å². The second-order valence-corrected chi connectivity index (χ2v) is 6.73. The standard InChI is InChI=1S/C16H21N3OS/c1-11(10-17-2)16(20)19-9-5-7-13(19)15-18-12-6-3-4-8-14(12)21-15/h3-4,6,8,11,13,17H,5,7,9-10H2,1-2H3. The molecular weight excluding hydrogens is 282 g/mol. The van der Waals surface area contributed by atoms with Gasteiger partial charge >= 0.3 is 0 Å². The first-order valence-corrected chi connectivity index (χ1v) is 8.33. The minimum Gasteiger partial charge on any atom is -0.333 e. The number of amides is 1. The summed E-state index contributed by atoms with van der Waals surface area (Å²) in [4.78, 5) is 19.4. The van der Waals surface area contributed by atoms with Gasteiger partial charge in [-0.15, -0.1) is 11.3 Å². The number of nitrogens with one attached hydrogen (secondary N) is 1. The maximum Gasteiger partial charge on any atom is 0.227 e. The van der Waals surface area contributed by atoms with Crippen molar-refractivity contribution in [2.75, 3.05) is 20.1 Å². The summed E-state index contributed by atoms with van der Waals surface area (Å²) in [7, 11) is 1.89. The average Bonchev–Trinajstić information content (AvgIpc) is 3.12. The number of nitrogens with zero attached hydrogens (tertiary/aromatic N) is 2. The van der Waals surface area contributed by atoms with Crippen molar-refractivity contribution in [1.82, 2.24) is 15.2 Å². The molecule has 1 aromatic carbocycles. The summed E-state index contributed by atoms with van der Waals surface area (Å²) in [5.41, 5.74) is 1.04. The third kappa shape index (κ3) is 2.80. The number of para-hydroxylation sites is 1.